The maximum Gasteiger partial charge on any atom is 0.407 e. The van der Waals surface area contributed by atoms with Gasteiger partial charge in [-0.1, -0.05) is 5.16 Å². The van der Waals surface area contributed by atoms with E-state index in [1.165, 1.54) is 17.1 Å². The highest BCUT2D eigenvalue weighted by atomic mass is 32.2. The largest absolute Gasteiger partial charge is 0.477 e. The second kappa shape index (κ2) is 11.6. The molecule has 0 radical (unpaired) electrons. The highest BCUT2D eigenvalue weighted by Gasteiger charge is 2.54. The lowest BCUT2D eigenvalue weighted by atomic mass is 10.0. The number of thiazole rings is 1. The average Bonchev–Trinajstić information content (AvgIpc) is 3.26. The van der Waals surface area contributed by atoms with Crippen molar-refractivity contribution in [3.8, 4) is 0 Å². The minimum atomic E-state index is -1.21. The molecule has 0 aromatic carbocycles. The second-order valence-electron chi connectivity index (χ2n) is 8.80. The van der Waals surface area contributed by atoms with E-state index in [0.717, 1.165) is 16.2 Å². The fourth-order valence-corrected chi connectivity index (χ4v) is 5.26. The number of aromatic nitrogens is 1. The Labute approximate surface area is 219 Å². The van der Waals surface area contributed by atoms with Crippen molar-refractivity contribution in [1.82, 2.24) is 20.5 Å². The van der Waals surface area contributed by atoms with Crippen molar-refractivity contribution in [2.24, 2.45) is 5.16 Å². The van der Waals surface area contributed by atoms with Crippen molar-refractivity contribution < 1.29 is 38.7 Å². The zero-order chi connectivity index (χ0) is 27.3. The Bertz CT molecular complexity index is 1160. The molecular weight excluding hydrogens is 528 g/mol. The molecule has 4 amide bonds. The first kappa shape index (κ1) is 27.9. The summed E-state index contributed by atoms with van der Waals surface area (Å²) in [7, 11) is 0. The summed E-state index contributed by atoms with van der Waals surface area (Å²) in [6.07, 6.45) is -0.222. The third-order valence-corrected chi connectivity index (χ3v) is 7.01. The summed E-state index contributed by atoms with van der Waals surface area (Å²) in [5.41, 5.74) is -0.395. The Morgan fingerprint density at radius 2 is 2.08 bits per heavy atom. The molecule has 16 heteroatoms. The summed E-state index contributed by atoms with van der Waals surface area (Å²) in [6, 6.07) is -0.981. The molecule has 2 aliphatic heterocycles. The lowest BCUT2D eigenvalue weighted by molar-refractivity contribution is -0.150. The molecule has 37 heavy (non-hydrogen) atoms. The minimum Gasteiger partial charge on any atom is -0.477 e. The van der Waals surface area contributed by atoms with Gasteiger partial charge in [0.15, 0.2) is 10.8 Å². The molecule has 1 fully saturated rings. The summed E-state index contributed by atoms with van der Waals surface area (Å²) in [5.74, 6) is -2.17. The maximum atomic E-state index is 13.1. The average molecular weight is 555 g/mol. The molecule has 1 aromatic heterocycles. The lowest BCUT2D eigenvalue weighted by Crippen LogP contribution is -2.71. The van der Waals surface area contributed by atoms with E-state index >= 15 is 0 Å². The van der Waals surface area contributed by atoms with Crippen LogP contribution in [0.25, 0.3) is 0 Å². The molecule has 200 valence electrons. The number of amides is 4. The number of aliphatic carboxylic acids is 1. The van der Waals surface area contributed by atoms with Gasteiger partial charge < -0.3 is 30.6 Å². The van der Waals surface area contributed by atoms with Crippen LogP contribution in [0.1, 0.15) is 33.4 Å². The van der Waals surface area contributed by atoms with Crippen molar-refractivity contribution in [3.63, 3.8) is 0 Å². The van der Waals surface area contributed by atoms with Crippen LogP contribution >= 0.6 is 23.1 Å². The molecular formula is C21H26N6O8S2. The van der Waals surface area contributed by atoms with Crippen LogP contribution in [0.2, 0.25) is 0 Å². The molecule has 1 aromatic rings. The van der Waals surface area contributed by atoms with Gasteiger partial charge in [-0.3, -0.25) is 19.3 Å². The summed E-state index contributed by atoms with van der Waals surface area (Å²) in [4.78, 5) is 70.3. The molecule has 14 nitrogen and oxygen atoms in total. The number of nitrogens with one attached hydrogen (secondary N) is 3. The second-order valence-corrected chi connectivity index (χ2v) is 10.8. The number of hydrogen-bond donors (Lipinski definition) is 4. The predicted molar refractivity (Wildman–Crippen MR) is 134 cm³/mol. The Morgan fingerprint density at radius 3 is 2.73 bits per heavy atom. The van der Waals surface area contributed by atoms with E-state index in [9.17, 15) is 29.1 Å². The first-order valence-electron chi connectivity index (χ1n) is 10.9. The minimum absolute atomic E-state index is 0.0285. The van der Waals surface area contributed by atoms with Crippen LogP contribution in [-0.4, -0.2) is 86.9 Å². The van der Waals surface area contributed by atoms with Crippen molar-refractivity contribution in [2.75, 3.05) is 24.2 Å². The van der Waals surface area contributed by atoms with E-state index < -0.39 is 40.9 Å². The van der Waals surface area contributed by atoms with Gasteiger partial charge in [-0.25, -0.2) is 14.6 Å². The van der Waals surface area contributed by atoms with Crippen molar-refractivity contribution in [2.45, 2.75) is 44.7 Å². The normalized spacial score (nSPS) is 19.4. The number of thioether (sulfide) groups is 1. The number of carboxylic acids is 1. The van der Waals surface area contributed by atoms with Gasteiger partial charge in [0.2, 0.25) is 6.41 Å². The van der Waals surface area contributed by atoms with Gasteiger partial charge in [0.05, 0.1) is 6.54 Å². The number of rotatable bonds is 10. The first-order chi connectivity index (χ1) is 17.4. The fraction of sp³-hybridized carbons (Fsp3) is 0.476. The van der Waals surface area contributed by atoms with Gasteiger partial charge >= 0.3 is 12.1 Å². The van der Waals surface area contributed by atoms with Crippen LogP contribution in [0.5, 0.6) is 0 Å². The zero-order valence-corrected chi connectivity index (χ0v) is 22.0. The van der Waals surface area contributed by atoms with Gasteiger partial charge in [-0.05, 0) is 33.3 Å². The van der Waals surface area contributed by atoms with Gasteiger partial charge in [-0.15, -0.1) is 23.1 Å². The molecule has 3 rings (SSSR count). The molecule has 2 atom stereocenters. The Balaban J connectivity index is 1.69. The fourth-order valence-electron chi connectivity index (χ4n) is 3.31. The topological polar surface area (TPSA) is 189 Å². The summed E-state index contributed by atoms with van der Waals surface area (Å²) >= 11 is 2.37. The van der Waals surface area contributed by atoms with E-state index in [-0.39, 0.29) is 35.4 Å². The smallest absolute Gasteiger partial charge is 0.407 e. The van der Waals surface area contributed by atoms with Crippen LogP contribution in [0.4, 0.5) is 9.93 Å². The van der Waals surface area contributed by atoms with E-state index in [1.807, 2.05) is 0 Å². The van der Waals surface area contributed by atoms with E-state index in [0.29, 0.717) is 17.7 Å². The third-order valence-electron chi connectivity index (χ3n) is 4.81. The Hall–Kier alpha value is -3.66. The van der Waals surface area contributed by atoms with Gasteiger partial charge in [0, 0.05) is 11.1 Å². The summed E-state index contributed by atoms with van der Waals surface area (Å²) in [6.45, 7) is 6.72. The SMILES string of the molecule is CC1=C(C(=O)O)N2C(=O)C(NC(=O)C(=NOCCNC(=O)OC(C)(C)C)c3csc(NC=O)n3)[C@@H]2SC1. The standard InChI is InChI=1S/C21H26N6O8S2/c1-10-7-36-17-13(16(30)27(17)14(10)18(31)32)25-15(29)12(11-8-37-19(24-11)23-9-28)26-34-6-5-22-20(33)35-21(2,3)4/h8-9,13,17H,5-7H2,1-4H3,(H,22,33)(H,25,29)(H,31,32)(H,23,24,28)/t13?,17-/m0/s1. The molecule has 3 heterocycles. The number of β-lactam (4-membered cyclic amide) rings is 1. The Morgan fingerprint density at radius 1 is 1.35 bits per heavy atom. The monoisotopic (exact) mass is 554 g/mol. The molecule has 0 saturated carbocycles. The summed E-state index contributed by atoms with van der Waals surface area (Å²) in [5, 5.41) is 21.8. The molecule has 0 aliphatic carbocycles. The number of alkyl carbamates (subject to hydrolysis) is 1. The van der Waals surface area contributed by atoms with E-state index in [1.54, 1.807) is 27.7 Å². The van der Waals surface area contributed by atoms with Crippen molar-refractivity contribution in [1.29, 1.82) is 0 Å². The number of carbonyl (C=O) groups excluding carboxylic acids is 4. The predicted octanol–water partition coefficient (Wildman–Crippen LogP) is 0.715. The van der Waals surface area contributed by atoms with E-state index in [2.05, 4.69) is 26.1 Å². The molecule has 4 N–H and O–H groups in total. The van der Waals surface area contributed by atoms with Crippen LogP contribution in [0, 0.1) is 0 Å². The number of ether oxygens (including phenoxy) is 1. The molecule has 1 saturated heterocycles. The molecule has 2 aliphatic rings. The van der Waals surface area contributed by atoms with Crippen LogP contribution in [0.3, 0.4) is 0 Å². The lowest BCUT2D eigenvalue weighted by Gasteiger charge is -2.49. The van der Waals surface area contributed by atoms with Crippen LogP contribution < -0.4 is 16.0 Å². The number of carbonyl (C=O) groups is 5. The van der Waals surface area contributed by atoms with Crippen molar-refractivity contribution in [3.05, 3.63) is 22.3 Å². The third kappa shape index (κ3) is 6.76. The molecule has 0 spiro atoms. The number of anilines is 1. The maximum absolute atomic E-state index is 13.1. The number of oxime groups is 1. The highest BCUT2D eigenvalue weighted by Crippen LogP contribution is 2.40. The number of hydrogen-bond acceptors (Lipinski definition) is 11. The number of fused-ring (bicyclic) bond motifs is 1. The molecule has 1 unspecified atom stereocenters. The quantitative estimate of drug-likeness (QED) is 0.105. The number of carboxylic acid groups (broad SMARTS) is 1. The van der Waals surface area contributed by atoms with Crippen molar-refractivity contribution >= 4 is 64.2 Å². The van der Waals surface area contributed by atoms with Crippen LogP contribution in [0.15, 0.2) is 21.8 Å². The van der Waals surface area contributed by atoms with Crippen LogP contribution in [-0.2, 0) is 28.8 Å². The van der Waals surface area contributed by atoms with E-state index in [4.69, 9.17) is 9.57 Å². The Kier molecular flexibility index (Phi) is 8.75. The summed E-state index contributed by atoms with van der Waals surface area (Å²) < 4.78 is 5.12. The van der Waals surface area contributed by atoms with Gasteiger partial charge in [0.1, 0.15) is 35.0 Å². The van der Waals surface area contributed by atoms with Gasteiger partial charge in [-0.2, -0.15) is 0 Å². The number of nitrogens with zero attached hydrogens (tertiary/aromatic N) is 3. The zero-order valence-electron chi connectivity index (χ0n) is 20.4. The molecule has 0 bridgehead atoms. The van der Waals surface area contributed by atoms with Gasteiger partial charge in [0.25, 0.3) is 11.8 Å². The highest BCUT2D eigenvalue weighted by molar-refractivity contribution is 8.00. The first-order valence-corrected chi connectivity index (χ1v) is 12.9.